The molecule has 3 aromatic rings. The maximum Gasteiger partial charge on any atom is 0.245 e. The molecule has 1 aliphatic rings. The van der Waals surface area contributed by atoms with E-state index in [4.69, 9.17) is 10.7 Å². The summed E-state index contributed by atoms with van der Waals surface area (Å²) in [5, 5.41) is 10.9. The van der Waals surface area contributed by atoms with Crippen LogP contribution in [0.5, 0.6) is 0 Å². The summed E-state index contributed by atoms with van der Waals surface area (Å²) in [6, 6.07) is 21.9. The van der Waals surface area contributed by atoms with Crippen LogP contribution in [0.4, 0.5) is 0 Å². The van der Waals surface area contributed by atoms with Gasteiger partial charge in [0, 0.05) is 17.7 Å². The molecule has 0 saturated heterocycles. The number of hydrogen-bond donors (Lipinski definition) is 1. The monoisotopic (exact) mass is 446 g/mol. The van der Waals surface area contributed by atoms with Gasteiger partial charge in [0.25, 0.3) is 0 Å². The lowest BCUT2D eigenvalue weighted by molar-refractivity contribution is -0.127. The topological polar surface area (TPSA) is 82.5 Å². The summed E-state index contributed by atoms with van der Waals surface area (Å²) < 4.78 is 0. The molecule has 156 valence electrons. The summed E-state index contributed by atoms with van der Waals surface area (Å²) in [7, 11) is 1.67. The first-order chi connectivity index (χ1) is 14.9. The van der Waals surface area contributed by atoms with Crippen molar-refractivity contribution in [3.63, 3.8) is 0 Å². The first-order valence-electron chi connectivity index (χ1n) is 9.80. The first-order valence-corrected chi connectivity index (χ1v) is 11.7. The molecule has 1 unspecified atom stereocenters. The zero-order chi connectivity index (χ0) is 22.0. The van der Waals surface area contributed by atoms with Crippen molar-refractivity contribution in [3.8, 4) is 17.2 Å². The molecule has 0 saturated carbocycles. The van der Waals surface area contributed by atoms with Gasteiger partial charge in [-0.25, -0.2) is 4.99 Å². The fraction of sp³-hybridized carbons (Fsp3) is 0.208. The predicted molar refractivity (Wildman–Crippen MR) is 128 cm³/mol. The van der Waals surface area contributed by atoms with Crippen molar-refractivity contribution in [2.75, 3.05) is 7.05 Å². The fourth-order valence-corrected chi connectivity index (χ4v) is 6.08. The molecular weight excluding hydrogens is 424 g/mol. The van der Waals surface area contributed by atoms with E-state index in [1.54, 1.807) is 36.2 Å². The fourth-order valence-electron chi connectivity index (χ4n) is 3.59. The van der Waals surface area contributed by atoms with Gasteiger partial charge in [0.05, 0.1) is 11.6 Å². The molecular formula is C24H22N4OS2. The van der Waals surface area contributed by atoms with Gasteiger partial charge in [0.2, 0.25) is 5.91 Å². The van der Waals surface area contributed by atoms with Crippen LogP contribution in [0.3, 0.4) is 0 Å². The minimum absolute atomic E-state index is 0.0441. The van der Waals surface area contributed by atoms with E-state index in [2.05, 4.69) is 24.3 Å². The van der Waals surface area contributed by atoms with Gasteiger partial charge < -0.3 is 5.73 Å². The van der Waals surface area contributed by atoms with E-state index in [0.29, 0.717) is 11.3 Å². The van der Waals surface area contributed by atoms with E-state index in [-0.39, 0.29) is 11.9 Å². The van der Waals surface area contributed by atoms with Crippen molar-refractivity contribution >= 4 is 35.0 Å². The zero-order valence-electron chi connectivity index (χ0n) is 17.3. The van der Waals surface area contributed by atoms with Crippen LogP contribution in [0.2, 0.25) is 0 Å². The number of guanidine groups is 1. The maximum atomic E-state index is 13.2. The summed E-state index contributed by atoms with van der Waals surface area (Å²) in [5.74, 6) is 0.890. The Morgan fingerprint density at radius 2 is 1.97 bits per heavy atom. The highest BCUT2D eigenvalue weighted by Crippen LogP contribution is 2.44. The number of carbonyl (C=O) groups excluding carboxylic acids is 1. The second-order valence-corrected chi connectivity index (χ2v) is 9.59. The maximum absolute atomic E-state index is 13.2. The minimum atomic E-state index is -0.775. The number of nitrogens with zero attached hydrogens (tertiary/aromatic N) is 3. The van der Waals surface area contributed by atoms with Crippen molar-refractivity contribution in [1.82, 2.24) is 4.90 Å². The third-order valence-electron chi connectivity index (χ3n) is 5.44. The number of rotatable bonds is 5. The smallest absolute Gasteiger partial charge is 0.245 e. The van der Waals surface area contributed by atoms with E-state index < -0.39 is 10.8 Å². The number of carbonyl (C=O) groups is 1. The number of benzene rings is 2. The van der Waals surface area contributed by atoms with Crippen LogP contribution in [0.15, 0.2) is 71.0 Å². The summed E-state index contributed by atoms with van der Waals surface area (Å²) >= 11 is 3.15. The van der Waals surface area contributed by atoms with Gasteiger partial charge in [0.15, 0.2) is 5.96 Å². The highest BCUT2D eigenvalue weighted by molar-refractivity contribution is 7.99. The Labute approximate surface area is 190 Å². The summed E-state index contributed by atoms with van der Waals surface area (Å²) in [6.45, 7) is 1.98. The van der Waals surface area contributed by atoms with Gasteiger partial charge in [-0.15, -0.1) is 23.1 Å². The number of amides is 1. The Bertz CT molecular complexity index is 1180. The molecule has 2 heterocycles. The second kappa shape index (κ2) is 8.58. The third kappa shape index (κ3) is 4.09. The molecule has 2 aromatic carbocycles. The Morgan fingerprint density at radius 1 is 1.19 bits per heavy atom. The van der Waals surface area contributed by atoms with E-state index in [0.717, 1.165) is 21.6 Å². The van der Waals surface area contributed by atoms with Gasteiger partial charge in [-0.1, -0.05) is 42.5 Å². The van der Waals surface area contributed by atoms with E-state index in [1.807, 2.05) is 48.7 Å². The van der Waals surface area contributed by atoms with Crippen LogP contribution >= 0.6 is 23.1 Å². The number of hydrogen-bond acceptors (Lipinski definition) is 6. The molecule has 2 atom stereocenters. The van der Waals surface area contributed by atoms with E-state index >= 15 is 0 Å². The average molecular weight is 447 g/mol. The van der Waals surface area contributed by atoms with Crippen LogP contribution in [-0.2, 0) is 16.1 Å². The van der Waals surface area contributed by atoms with Gasteiger partial charge in [0.1, 0.15) is 10.8 Å². The van der Waals surface area contributed by atoms with Gasteiger partial charge in [-0.3, -0.25) is 9.69 Å². The zero-order valence-corrected chi connectivity index (χ0v) is 18.9. The number of aliphatic imine (C=N–C) groups is 1. The molecule has 7 heteroatoms. The average Bonchev–Trinajstić information content (AvgIpc) is 3.29. The highest BCUT2D eigenvalue weighted by atomic mass is 32.2. The summed E-state index contributed by atoms with van der Waals surface area (Å²) in [5.41, 5.74) is 9.09. The van der Waals surface area contributed by atoms with E-state index in [1.165, 1.54) is 4.90 Å². The molecule has 1 aliphatic heterocycles. The Kier molecular flexibility index (Phi) is 5.86. The molecule has 4 rings (SSSR count). The molecule has 0 bridgehead atoms. The molecule has 0 fully saturated rings. The van der Waals surface area contributed by atoms with Gasteiger partial charge >= 0.3 is 0 Å². The van der Waals surface area contributed by atoms with Crippen molar-refractivity contribution in [1.29, 1.82) is 5.26 Å². The summed E-state index contributed by atoms with van der Waals surface area (Å²) in [6.07, 6.45) is 0. The normalized spacial score (nSPS) is 20.9. The lowest BCUT2D eigenvalue weighted by Crippen LogP contribution is -2.55. The Morgan fingerprint density at radius 3 is 2.71 bits per heavy atom. The number of nitriles is 1. The molecule has 31 heavy (non-hydrogen) atoms. The SMILES string of the molecule is CN1C(=O)C(SCc2ccccc2)[C@@](C)(c2cc(-c3cccc(C#N)c3)cs2)N=C1N. The lowest BCUT2D eigenvalue weighted by atomic mass is 9.92. The van der Waals surface area contributed by atoms with Crippen molar-refractivity contribution in [2.45, 2.75) is 23.5 Å². The quantitative estimate of drug-likeness (QED) is 0.621. The molecule has 0 aliphatic carbocycles. The second-order valence-electron chi connectivity index (χ2n) is 7.58. The Balaban J connectivity index is 1.70. The first kappa shape index (κ1) is 21.2. The van der Waals surface area contributed by atoms with Crippen LogP contribution in [0, 0.1) is 11.3 Å². The number of thioether (sulfide) groups is 1. The molecule has 1 aromatic heterocycles. The minimum Gasteiger partial charge on any atom is -0.369 e. The van der Waals surface area contributed by atoms with Crippen molar-refractivity contribution < 1.29 is 4.79 Å². The number of thiophene rings is 1. The number of nitrogens with two attached hydrogens (primary N) is 1. The predicted octanol–water partition coefficient (Wildman–Crippen LogP) is 4.59. The van der Waals surface area contributed by atoms with Crippen LogP contribution < -0.4 is 5.73 Å². The molecule has 2 N–H and O–H groups in total. The van der Waals surface area contributed by atoms with Crippen molar-refractivity contribution in [2.24, 2.45) is 10.7 Å². The standard InChI is InChI=1S/C24H22N4OS2/c1-24(20-12-19(15-30-20)18-10-6-9-17(11-18)13-25)21(22(29)28(2)23(26)27-24)31-14-16-7-4-3-5-8-16/h3-12,15,21H,14H2,1-2H3,(H2,26,27)/t21?,24-/m1/s1. The van der Waals surface area contributed by atoms with Gasteiger partial charge in [-0.2, -0.15) is 5.26 Å². The third-order valence-corrected chi connectivity index (χ3v) is 8.09. The Hall–Kier alpha value is -3.08. The summed E-state index contributed by atoms with van der Waals surface area (Å²) in [4.78, 5) is 20.4. The molecule has 5 nitrogen and oxygen atoms in total. The van der Waals surface area contributed by atoms with Crippen LogP contribution in [0.25, 0.3) is 11.1 Å². The molecule has 0 spiro atoms. The lowest BCUT2D eigenvalue weighted by Gasteiger charge is -2.39. The molecule has 1 amide bonds. The molecule has 0 radical (unpaired) electrons. The van der Waals surface area contributed by atoms with E-state index in [9.17, 15) is 10.1 Å². The van der Waals surface area contributed by atoms with Crippen LogP contribution in [-0.4, -0.2) is 29.1 Å². The van der Waals surface area contributed by atoms with Gasteiger partial charge in [-0.05, 0) is 47.2 Å². The van der Waals surface area contributed by atoms with Crippen molar-refractivity contribution in [3.05, 3.63) is 82.0 Å². The van der Waals surface area contributed by atoms with Crippen LogP contribution in [0.1, 0.15) is 22.9 Å². The highest BCUT2D eigenvalue weighted by Gasteiger charge is 2.47. The largest absolute Gasteiger partial charge is 0.369 e.